The van der Waals surface area contributed by atoms with Gasteiger partial charge < -0.3 is 10.3 Å². The van der Waals surface area contributed by atoms with Gasteiger partial charge in [0.05, 0.1) is 12.1 Å². The van der Waals surface area contributed by atoms with Crippen molar-refractivity contribution in [3.63, 3.8) is 0 Å². The number of nitrogens with two attached hydrogens (primary N) is 1. The van der Waals surface area contributed by atoms with Gasteiger partial charge in [0.1, 0.15) is 11.6 Å². The molecule has 0 aliphatic carbocycles. The van der Waals surface area contributed by atoms with Gasteiger partial charge in [0.15, 0.2) is 0 Å². The maximum atomic E-state index is 13.6. The van der Waals surface area contributed by atoms with Gasteiger partial charge in [0.25, 0.3) is 0 Å². The lowest BCUT2D eigenvalue weighted by atomic mass is 10.2. The number of nitrogens with zero attached hydrogens (tertiary/aromatic N) is 1. The van der Waals surface area contributed by atoms with Gasteiger partial charge in [0, 0.05) is 22.8 Å². The van der Waals surface area contributed by atoms with Crippen LogP contribution in [0.2, 0.25) is 0 Å². The number of hydrogen-bond donors (Lipinski definition) is 1. The van der Waals surface area contributed by atoms with Crippen LogP contribution in [0.5, 0.6) is 0 Å². The fourth-order valence-electron chi connectivity index (χ4n) is 2.23. The van der Waals surface area contributed by atoms with Crippen LogP contribution in [0.3, 0.4) is 0 Å². The van der Waals surface area contributed by atoms with Crippen LogP contribution in [0.1, 0.15) is 5.56 Å². The van der Waals surface area contributed by atoms with E-state index in [9.17, 15) is 8.78 Å². The molecule has 0 bridgehead atoms. The predicted octanol–water partition coefficient (Wildman–Crippen LogP) is 3.55. The molecule has 0 atom stereocenters. The van der Waals surface area contributed by atoms with Crippen LogP contribution >= 0.6 is 0 Å². The molecule has 0 saturated heterocycles. The van der Waals surface area contributed by atoms with Crippen molar-refractivity contribution in [1.29, 1.82) is 0 Å². The summed E-state index contributed by atoms with van der Waals surface area (Å²) in [5.41, 5.74) is 7.77. The van der Waals surface area contributed by atoms with Crippen LogP contribution in [0.15, 0.2) is 48.7 Å². The minimum atomic E-state index is -0.438. The molecule has 2 aromatic carbocycles. The fraction of sp³-hybridized carbons (Fsp3) is 0.0667. The van der Waals surface area contributed by atoms with Gasteiger partial charge in [-0.25, -0.2) is 8.78 Å². The Bertz CT molecular complexity index is 747. The maximum absolute atomic E-state index is 13.6. The second-order valence-corrected chi connectivity index (χ2v) is 4.46. The number of benzene rings is 2. The summed E-state index contributed by atoms with van der Waals surface area (Å²) >= 11 is 0. The largest absolute Gasteiger partial charge is 0.398 e. The van der Waals surface area contributed by atoms with E-state index in [0.29, 0.717) is 11.3 Å². The van der Waals surface area contributed by atoms with Crippen molar-refractivity contribution in [2.75, 3.05) is 5.73 Å². The molecule has 0 amide bonds. The second kappa shape index (κ2) is 4.39. The number of aromatic nitrogens is 1. The summed E-state index contributed by atoms with van der Waals surface area (Å²) in [5.74, 6) is -0.848. The molecule has 0 unspecified atom stereocenters. The average Bonchev–Trinajstić information content (AvgIpc) is 2.79. The highest BCUT2D eigenvalue weighted by molar-refractivity contribution is 5.91. The number of rotatable bonds is 2. The van der Waals surface area contributed by atoms with Gasteiger partial charge >= 0.3 is 0 Å². The van der Waals surface area contributed by atoms with Crippen molar-refractivity contribution in [1.82, 2.24) is 4.57 Å². The minimum absolute atomic E-state index is 0.274. The van der Waals surface area contributed by atoms with Crippen LogP contribution in [-0.4, -0.2) is 4.57 Å². The summed E-state index contributed by atoms with van der Waals surface area (Å²) in [7, 11) is 0. The first-order valence-corrected chi connectivity index (χ1v) is 5.92. The molecular formula is C15H12F2N2. The lowest BCUT2D eigenvalue weighted by Crippen LogP contribution is -2.01. The molecule has 3 aromatic rings. The maximum Gasteiger partial charge on any atom is 0.128 e. The van der Waals surface area contributed by atoms with Crippen LogP contribution in [0.25, 0.3) is 10.9 Å². The first-order chi connectivity index (χ1) is 9.15. The molecule has 2 N–H and O–H groups in total. The normalized spacial score (nSPS) is 11.1. The second-order valence-electron chi connectivity index (χ2n) is 4.46. The molecule has 0 saturated carbocycles. The van der Waals surface area contributed by atoms with E-state index in [1.54, 1.807) is 0 Å². The molecule has 0 fully saturated rings. The number of anilines is 1. The average molecular weight is 258 g/mol. The molecule has 4 heteroatoms. The lowest BCUT2D eigenvalue weighted by Gasteiger charge is -2.07. The first kappa shape index (κ1) is 11.7. The van der Waals surface area contributed by atoms with E-state index in [4.69, 9.17) is 5.73 Å². The van der Waals surface area contributed by atoms with E-state index in [1.807, 2.05) is 35.0 Å². The highest BCUT2D eigenvalue weighted by atomic mass is 19.1. The Balaban J connectivity index is 2.06. The number of hydrogen-bond acceptors (Lipinski definition) is 1. The monoisotopic (exact) mass is 258 g/mol. The van der Waals surface area contributed by atoms with Crippen molar-refractivity contribution in [3.8, 4) is 0 Å². The Kier molecular flexibility index (Phi) is 2.71. The van der Waals surface area contributed by atoms with E-state index in [2.05, 4.69) is 0 Å². The molecule has 0 aliphatic rings. The van der Waals surface area contributed by atoms with Crippen molar-refractivity contribution >= 4 is 16.6 Å². The van der Waals surface area contributed by atoms with Crippen LogP contribution < -0.4 is 5.73 Å². The van der Waals surface area contributed by atoms with Crippen molar-refractivity contribution in [2.24, 2.45) is 0 Å². The number of halogens is 2. The Morgan fingerprint density at radius 3 is 2.74 bits per heavy atom. The molecule has 1 heterocycles. The SMILES string of the molecule is Nc1cccc2c1ccn2Cc1cc(F)ccc1F. The summed E-state index contributed by atoms with van der Waals surface area (Å²) < 4.78 is 28.6. The van der Waals surface area contributed by atoms with Gasteiger partial charge in [-0.1, -0.05) is 6.07 Å². The zero-order valence-corrected chi connectivity index (χ0v) is 10.1. The molecular weight excluding hydrogens is 246 g/mol. The van der Waals surface area contributed by atoms with Gasteiger partial charge in [-0.15, -0.1) is 0 Å². The number of nitrogen functional groups attached to an aromatic ring is 1. The number of fused-ring (bicyclic) bond motifs is 1. The summed E-state index contributed by atoms with van der Waals surface area (Å²) in [6.45, 7) is 0.274. The molecule has 19 heavy (non-hydrogen) atoms. The molecule has 2 nitrogen and oxygen atoms in total. The van der Waals surface area contributed by atoms with E-state index in [0.717, 1.165) is 23.0 Å². The summed E-state index contributed by atoms with van der Waals surface area (Å²) in [6, 6.07) is 10.9. The molecule has 0 spiro atoms. The third kappa shape index (κ3) is 2.05. The lowest BCUT2D eigenvalue weighted by molar-refractivity contribution is 0.579. The van der Waals surface area contributed by atoms with Crippen molar-refractivity contribution in [2.45, 2.75) is 6.54 Å². The van der Waals surface area contributed by atoms with Gasteiger partial charge in [0.2, 0.25) is 0 Å². The van der Waals surface area contributed by atoms with Crippen LogP contribution in [-0.2, 0) is 6.54 Å². The fourth-order valence-corrected chi connectivity index (χ4v) is 2.23. The third-order valence-electron chi connectivity index (χ3n) is 3.20. The van der Waals surface area contributed by atoms with Crippen LogP contribution in [0.4, 0.5) is 14.5 Å². The molecule has 3 rings (SSSR count). The van der Waals surface area contributed by atoms with Gasteiger partial charge in [-0.2, -0.15) is 0 Å². The van der Waals surface area contributed by atoms with Gasteiger partial charge in [-0.05, 0) is 36.4 Å². The van der Waals surface area contributed by atoms with Crippen molar-refractivity contribution < 1.29 is 8.78 Å². The van der Waals surface area contributed by atoms with E-state index in [-0.39, 0.29) is 6.54 Å². The van der Waals surface area contributed by atoms with Crippen molar-refractivity contribution in [3.05, 3.63) is 65.9 Å². The Morgan fingerprint density at radius 2 is 1.89 bits per heavy atom. The van der Waals surface area contributed by atoms with Crippen LogP contribution in [0, 0.1) is 11.6 Å². The molecule has 0 radical (unpaired) electrons. The first-order valence-electron chi connectivity index (χ1n) is 5.92. The molecule has 96 valence electrons. The summed E-state index contributed by atoms with van der Waals surface area (Å²) in [6.07, 6.45) is 1.82. The standard InChI is InChI=1S/C15H12F2N2/c16-11-4-5-13(17)10(8-11)9-19-7-6-12-14(18)2-1-3-15(12)19/h1-8H,9,18H2. The minimum Gasteiger partial charge on any atom is -0.398 e. The third-order valence-corrected chi connectivity index (χ3v) is 3.20. The van der Waals surface area contributed by atoms with E-state index in [1.165, 1.54) is 6.07 Å². The predicted molar refractivity (Wildman–Crippen MR) is 71.8 cm³/mol. The van der Waals surface area contributed by atoms with E-state index >= 15 is 0 Å². The quantitative estimate of drug-likeness (QED) is 0.700. The Labute approximate surface area is 109 Å². The highest BCUT2D eigenvalue weighted by Gasteiger charge is 2.08. The highest BCUT2D eigenvalue weighted by Crippen LogP contribution is 2.23. The van der Waals surface area contributed by atoms with E-state index < -0.39 is 11.6 Å². The van der Waals surface area contributed by atoms with Gasteiger partial charge in [-0.3, -0.25) is 0 Å². The molecule has 1 aromatic heterocycles. The Morgan fingerprint density at radius 1 is 1.05 bits per heavy atom. The Hall–Kier alpha value is -2.36. The zero-order valence-electron chi connectivity index (χ0n) is 10.1. The smallest absolute Gasteiger partial charge is 0.128 e. The topological polar surface area (TPSA) is 30.9 Å². The summed E-state index contributed by atoms with van der Waals surface area (Å²) in [4.78, 5) is 0. The summed E-state index contributed by atoms with van der Waals surface area (Å²) in [5, 5.41) is 0.916. The molecule has 0 aliphatic heterocycles. The zero-order chi connectivity index (χ0) is 13.4.